The number of aliphatic hydroxyl groups is 1. The summed E-state index contributed by atoms with van der Waals surface area (Å²) in [5.41, 5.74) is 0. The van der Waals surface area contributed by atoms with Crippen LogP contribution < -0.4 is 0 Å². The number of ether oxygens (including phenoxy) is 1. The van der Waals surface area contributed by atoms with Gasteiger partial charge in [0.1, 0.15) is 6.10 Å². The summed E-state index contributed by atoms with van der Waals surface area (Å²) < 4.78 is 11.1. The molecule has 1 N–H and O–H groups in total. The van der Waals surface area contributed by atoms with E-state index in [1.165, 1.54) is 0 Å². The van der Waals surface area contributed by atoms with Crippen LogP contribution in [0.2, 0.25) is 0 Å². The molecule has 120 valence electrons. The molecule has 0 bridgehead atoms. The van der Waals surface area contributed by atoms with Gasteiger partial charge in [-0.2, -0.15) is 4.98 Å². The largest absolute Gasteiger partial charge is 0.393 e. The Morgan fingerprint density at radius 1 is 1.24 bits per heavy atom. The maximum Gasteiger partial charge on any atom is 0.232 e. The van der Waals surface area contributed by atoms with Crippen molar-refractivity contribution < 1.29 is 14.4 Å². The van der Waals surface area contributed by atoms with Gasteiger partial charge in [0.05, 0.1) is 18.6 Å². The summed E-state index contributed by atoms with van der Waals surface area (Å²) in [4.78, 5) is 6.83. The Balaban J connectivity index is 2.12. The van der Waals surface area contributed by atoms with Crippen LogP contribution in [-0.2, 0) is 4.74 Å². The third kappa shape index (κ3) is 3.81. The van der Waals surface area contributed by atoms with E-state index in [1.807, 2.05) is 13.8 Å². The van der Waals surface area contributed by atoms with E-state index in [-0.39, 0.29) is 17.9 Å². The van der Waals surface area contributed by atoms with Gasteiger partial charge in [0.2, 0.25) is 11.7 Å². The average molecular weight is 297 g/mol. The van der Waals surface area contributed by atoms with Gasteiger partial charge in [0.15, 0.2) is 0 Å². The van der Waals surface area contributed by atoms with Crippen LogP contribution in [0.5, 0.6) is 0 Å². The molecule has 1 aromatic heterocycles. The van der Waals surface area contributed by atoms with Crippen molar-refractivity contribution in [1.82, 2.24) is 15.0 Å². The van der Waals surface area contributed by atoms with E-state index in [1.54, 1.807) is 6.92 Å². The lowest BCUT2D eigenvalue weighted by Crippen LogP contribution is -2.42. The molecule has 2 heterocycles. The molecule has 6 nitrogen and oxygen atoms in total. The Bertz CT molecular complexity index is 437. The lowest BCUT2D eigenvalue weighted by atomic mass is 9.91. The molecule has 0 amide bonds. The topological polar surface area (TPSA) is 71.6 Å². The molecule has 0 aromatic carbocycles. The molecule has 2 rings (SSSR count). The minimum atomic E-state index is -0.516. The molecule has 0 radical (unpaired) electrons. The number of hydrogen-bond acceptors (Lipinski definition) is 6. The third-order valence-corrected chi connectivity index (χ3v) is 4.10. The molecule has 0 aliphatic carbocycles. The second kappa shape index (κ2) is 6.85. The van der Waals surface area contributed by atoms with Crippen molar-refractivity contribution in [3.05, 3.63) is 11.7 Å². The van der Waals surface area contributed by atoms with Gasteiger partial charge in [-0.1, -0.05) is 19.0 Å². The highest BCUT2D eigenvalue weighted by Gasteiger charge is 2.31. The monoisotopic (exact) mass is 297 g/mol. The Kier molecular flexibility index (Phi) is 5.35. The maximum atomic E-state index is 9.90. The molecule has 1 saturated heterocycles. The lowest BCUT2D eigenvalue weighted by molar-refractivity contribution is -0.0450. The van der Waals surface area contributed by atoms with Gasteiger partial charge in [-0.05, 0) is 26.7 Å². The van der Waals surface area contributed by atoms with Crippen LogP contribution in [0.15, 0.2) is 4.52 Å². The van der Waals surface area contributed by atoms with Crippen molar-refractivity contribution >= 4 is 0 Å². The van der Waals surface area contributed by atoms with Crippen molar-refractivity contribution in [2.75, 3.05) is 19.7 Å². The zero-order valence-corrected chi connectivity index (χ0v) is 13.6. The number of morpholine rings is 1. The molecule has 21 heavy (non-hydrogen) atoms. The summed E-state index contributed by atoms with van der Waals surface area (Å²) >= 11 is 0. The van der Waals surface area contributed by atoms with Gasteiger partial charge in [0, 0.05) is 19.1 Å². The van der Waals surface area contributed by atoms with Gasteiger partial charge in [0.25, 0.3) is 0 Å². The minimum absolute atomic E-state index is 0.143. The Morgan fingerprint density at radius 2 is 1.95 bits per heavy atom. The molecule has 0 saturated carbocycles. The van der Waals surface area contributed by atoms with Gasteiger partial charge in [-0.15, -0.1) is 0 Å². The van der Waals surface area contributed by atoms with Crippen LogP contribution in [-0.4, -0.2) is 52.0 Å². The molecular weight excluding hydrogens is 270 g/mol. The molecule has 3 unspecified atom stereocenters. The van der Waals surface area contributed by atoms with Crippen molar-refractivity contribution in [2.24, 2.45) is 5.92 Å². The van der Waals surface area contributed by atoms with Crippen molar-refractivity contribution in [3.63, 3.8) is 0 Å². The first-order valence-electron chi connectivity index (χ1n) is 7.77. The van der Waals surface area contributed by atoms with E-state index in [0.29, 0.717) is 24.4 Å². The number of aromatic nitrogens is 2. The van der Waals surface area contributed by atoms with E-state index in [9.17, 15) is 5.11 Å². The molecule has 1 aliphatic rings. The number of nitrogens with zero attached hydrogens (tertiary/aromatic N) is 3. The summed E-state index contributed by atoms with van der Waals surface area (Å²) in [7, 11) is 0. The predicted molar refractivity (Wildman–Crippen MR) is 79.0 cm³/mol. The van der Waals surface area contributed by atoms with E-state index in [2.05, 4.69) is 28.9 Å². The highest BCUT2D eigenvalue weighted by Crippen LogP contribution is 2.29. The number of hydrogen-bond donors (Lipinski definition) is 1. The summed E-state index contributed by atoms with van der Waals surface area (Å²) in [6.07, 6.45) is -0.668. The molecule has 3 atom stereocenters. The average Bonchev–Trinajstić information content (AvgIpc) is 2.87. The minimum Gasteiger partial charge on any atom is -0.393 e. The van der Waals surface area contributed by atoms with Crippen LogP contribution >= 0.6 is 0 Å². The quantitative estimate of drug-likeness (QED) is 0.896. The SMILES string of the molecule is CC(C)C(c1nc(C2CN(C(C)C)CCO2)no1)C(C)O. The number of rotatable bonds is 5. The zero-order chi connectivity index (χ0) is 15.6. The first kappa shape index (κ1) is 16.4. The van der Waals surface area contributed by atoms with Gasteiger partial charge < -0.3 is 14.4 Å². The summed E-state index contributed by atoms with van der Waals surface area (Å²) in [6, 6.07) is 0.476. The lowest BCUT2D eigenvalue weighted by Gasteiger charge is -2.34. The molecule has 1 aliphatic heterocycles. The van der Waals surface area contributed by atoms with Gasteiger partial charge in [-0.25, -0.2) is 0 Å². The smallest absolute Gasteiger partial charge is 0.232 e. The Hall–Kier alpha value is -0.980. The molecular formula is C15H27N3O3. The third-order valence-electron chi connectivity index (χ3n) is 4.10. The highest BCUT2D eigenvalue weighted by atomic mass is 16.5. The fourth-order valence-electron chi connectivity index (χ4n) is 2.86. The predicted octanol–water partition coefficient (Wildman–Crippen LogP) is 1.97. The normalized spacial score (nSPS) is 23.7. The van der Waals surface area contributed by atoms with E-state index in [4.69, 9.17) is 9.26 Å². The fraction of sp³-hybridized carbons (Fsp3) is 0.867. The Labute approximate surface area is 126 Å². The Morgan fingerprint density at radius 3 is 2.52 bits per heavy atom. The maximum absolute atomic E-state index is 9.90. The van der Waals surface area contributed by atoms with Crippen molar-refractivity contribution in [3.8, 4) is 0 Å². The summed E-state index contributed by atoms with van der Waals surface area (Å²) in [5.74, 6) is 1.18. The van der Waals surface area contributed by atoms with Crippen LogP contribution in [0.25, 0.3) is 0 Å². The van der Waals surface area contributed by atoms with Crippen molar-refractivity contribution in [1.29, 1.82) is 0 Å². The first-order valence-corrected chi connectivity index (χ1v) is 7.77. The van der Waals surface area contributed by atoms with Crippen LogP contribution in [0.4, 0.5) is 0 Å². The molecule has 6 heteroatoms. The summed E-state index contributed by atoms with van der Waals surface area (Å²) in [6.45, 7) is 12.6. The molecule has 1 fully saturated rings. The zero-order valence-electron chi connectivity index (χ0n) is 13.6. The van der Waals surface area contributed by atoms with Crippen molar-refractivity contribution in [2.45, 2.75) is 58.8 Å². The second-order valence-corrected chi connectivity index (χ2v) is 6.45. The number of aliphatic hydroxyl groups excluding tert-OH is 1. The van der Waals surface area contributed by atoms with Gasteiger partial charge >= 0.3 is 0 Å². The van der Waals surface area contributed by atoms with E-state index < -0.39 is 6.10 Å². The standard InChI is InChI=1S/C15H27N3O3/c1-9(2)13(11(5)19)15-16-14(17-21-15)12-8-18(10(3)4)6-7-20-12/h9-13,19H,6-8H2,1-5H3. The van der Waals surface area contributed by atoms with Crippen LogP contribution in [0.1, 0.15) is 58.4 Å². The highest BCUT2D eigenvalue weighted by molar-refractivity contribution is 5.01. The van der Waals surface area contributed by atoms with E-state index in [0.717, 1.165) is 13.1 Å². The molecule has 1 aromatic rings. The van der Waals surface area contributed by atoms with Gasteiger partial charge in [-0.3, -0.25) is 4.90 Å². The fourth-order valence-corrected chi connectivity index (χ4v) is 2.86. The summed E-state index contributed by atoms with van der Waals surface area (Å²) in [5, 5.41) is 14.0. The first-order chi connectivity index (χ1) is 9.90. The van der Waals surface area contributed by atoms with Crippen LogP contribution in [0.3, 0.4) is 0 Å². The van der Waals surface area contributed by atoms with E-state index >= 15 is 0 Å². The second-order valence-electron chi connectivity index (χ2n) is 6.45. The molecule has 0 spiro atoms. The van der Waals surface area contributed by atoms with Crippen LogP contribution in [0, 0.1) is 5.92 Å².